The molecule has 1 aromatic heterocycles. The Balaban J connectivity index is 2.01. The van der Waals surface area contributed by atoms with Crippen LogP contribution in [0, 0.1) is 0 Å². The average Bonchev–Trinajstić information content (AvgIpc) is 2.82. The van der Waals surface area contributed by atoms with E-state index in [4.69, 9.17) is 16.0 Å². The van der Waals surface area contributed by atoms with Crippen LogP contribution < -0.4 is 5.32 Å². The third-order valence-electron chi connectivity index (χ3n) is 2.07. The van der Waals surface area contributed by atoms with Crippen molar-refractivity contribution in [1.29, 1.82) is 0 Å². The number of carbonyl (C=O) groups excluding carboxylic acids is 1. The van der Waals surface area contributed by atoms with E-state index in [9.17, 15) is 4.79 Å². The zero-order valence-corrected chi connectivity index (χ0v) is 9.65. The molecule has 4 heteroatoms. The van der Waals surface area contributed by atoms with Crippen molar-refractivity contribution in [1.82, 2.24) is 0 Å². The number of carbonyl (C=O) groups is 1. The predicted octanol–water partition coefficient (Wildman–Crippen LogP) is 3.58. The van der Waals surface area contributed by atoms with Gasteiger partial charge in [-0.2, -0.15) is 0 Å². The maximum Gasteiger partial charge on any atom is 0.248 e. The van der Waals surface area contributed by atoms with E-state index in [2.05, 4.69) is 5.32 Å². The monoisotopic (exact) mass is 247 g/mol. The normalized spacial score (nSPS) is 10.6. The van der Waals surface area contributed by atoms with Crippen LogP contribution in [-0.4, -0.2) is 5.91 Å². The van der Waals surface area contributed by atoms with Crippen LogP contribution >= 0.6 is 11.6 Å². The number of halogens is 1. The molecular formula is C13H10ClNO2. The number of amides is 1. The lowest BCUT2D eigenvalue weighted by atomic mass is 10.3. The molecule has 0 aliphatic heterocycles. The summed E-state index contributed by atoms with van der Waals surface area (Å²) in [5.41, 5.74) is 0.586. The van der Waals surface area contributed by atoms with Crippen LogP contribution in [0.3, 0.4) is 0 Å². The van der Waals surface area contributed by atoms with Crippen LogP contribution in [0.25, 0.3) is 6.08 Å². The quantitative estimate of drug-likeness (QED) is 0.843. The first kappa shape index (κ1) is 11.5. The van der Waals surface area contributed by atoms with Crippen LogP contribution in [0.15, 0.2) is 53.2 Å². The van der Waals surface area contributed by atoms with Crippen LogP contribution in [0.4, 0.5) is 5.69 Å². The van der Waals surface area contributed by atoms with Gasteiger partial charge in [0.1, 0.15) is 5.76 Å². The Bertz CT molecular complexity index is 532. The fourth-order valence-corrected chi connectivity index (χ4v) is 1.46. The summed E-state index contributed by atoms with van der Waals surface area (Å²) in [4.78, 5) is 11.6. The summed E-state index contributed by atoms with van der Waals surface area (Å²) < 4.78 is 5.06. The summed E-state index contributed by atoms with van der Waals surface area (Å²) in [6, 6.07) is 10.6. The maximum absolute atomic E-state index is 11.6. The standard InChI is InChI=1S/C13H10ClNO2/c14-11-5-1-2-6-12(11)15-13(16)8-7-10-4-3-9-17-10/h1-9H,(H,15,16). The third-order valence-corrected chi connectivity index (χ3v) is 2.40. The van der Waals surface area contributed by atoms with Crippen molar-refractivity contribution >= 4 is 29.3 Å². The Labute approximate surface area is 104 Å². The average molecular weight is 248 g/mol. The van der Waals surface area contributed by atoms with Crippen molar-refractivity contribution in [2.45, 2.75) is 0 Å². The van der Waals surface area contributed by atoms with Crippen molar-refractivity contribution in [2.75, 3.05) is 5.32 Å². The highest BCUT2D eigenvalue weighted by atomic mass is 35.5. The Morgan fingerprint density at radius 3 is 2.76 bits per heavy atom. The number of para-hydroxylation sites is 1. The van der Waals surface area contributed by atoms with Gasteiger partial charge in [-0.05, 0) is 30.3 Å². The number of anilines is 1. The first-order chi connectivity index (χ1) is 8.25. The number of nitrogens with one attached hydrogen (secondary N) is 1. The van der Waals surface area contributed by atoms with Gasteiger partial charge >= 0.3 is 0 Å². The fraction of sp³-hybridized carbons (Fsp3) is 0. The molecule has 0 aliphatic carbocycles. The third kappa shape index (κ3) is 3.23. The molecule has 0 aliphatic rings. The minimum Gasteiger partial charge on any atom is -0.465 e. The highest BCUT2D eigenvalue weighted by molar-refractivity contribution is 6.33. The van der Waals surface area contributed by atoms with Crippen molar-refractivity contribution < 1.29 is 9.21 Å². The fourth-order valence-electron chi connectivity index (χ4n) is 1.28. The van der Waals surface area contributed by atoms with Gasteiger partial charge in [-0.25, -0.2) is 0 Å². The van der Waals surface area contributed by atoms with Gasteiger partial charge in [0.25, 0.3) is 0 Å². The smallest absolute Gasteiger partial charge is 0.248 e. The Morgan fingerprint density at radius 1 is 1.24 bits per heavy atom. The van der Waals surface area contributed by atoms with Gasteiger partial charge in [-0.1, -0.05) is 23.7 Å². The summed E-state index contributed by atoms with van der Waals surface area (Å²) in [5.74, 6) is 0.369. The summed E-state index contributed by atoms with van der Waals surface area (Å²) in [6.07, 6.45) is 4.53. The second kappa shape index (κ2) is 5.37. The number of rotatable bonds is 3. The molecule has 17 heavy (non-hydrogen) atoms. The SMILES string of the molecule is O=C(C=Cc1ccco1)Nc1ccccc1Cl. The first-order valence-corrected chi connectivity index (χ1v) is 5.40. The Morgan fingerprint density at radius 2 is 2.06 bits per heavy atom. The lowest BCUT2D eigenvalue weighted by molar-refractivity contribution is -0.111. The van der Waals surface area contributed by atoms with Crippen molar-refractivity contribution in [2.24, 2.45) is 0 Å². The summed E-state index contributed by atoms with van der Waals surface area (Å²) in [6.45, 7) is 0. The molecule has 0 unspecified atom stereocenters. The minimum atomic E-state index is -0.255. The van der Waals surface area contributed by atoms with Crippen LogP contribution in [0.5, 0.6) is 0 Å². The van der Waals surface area contributed by atoms with E-state index in [1.807, 2.05) is 0 Å². The molecular weight excluding hydrogens is 238 g/mol. The van der Waals surface area contributed by atoms with Crippen molar-refractivity contribution in [3.05, 3.63) is 59.5 Å². The molecule has 0 saturated heterocycles. The molecule has 1 aromatic carbocycles. The molecule has 2 rings (SSSR count). The van der Waals surface area contributed by atoms with Gasteiger partial charge in [0.05, 0.1) is 17.0 Å². The Kier molecular flexibility index (Phi) is 3.62. The van der Waals surface area contributed by atoms with Gasteiger partial charge < -0.3 is 9.73 Å². The zero-order valence-electron chi connectivity index (χ0n) is 8.89. The largest absolute Gasteiger partial charge is 0.465 e. The van der Waals surface area contributed by atoms with Gasteiger partial charge in [-0.15, -0.1) is 0 Å². The van der Waals surface area contributed by atoms with Gasteiger partial charge in [0, 0.05) is 6.08 Å². The Hall–Kier alpha value is -2.00. The second-order valence-corrected chi connectivity index (χ2v) is 3.73. The van der Waals surface area contributed by atoms with E-state index in [0.717, 1.165) is 0 Å². The van der Waals surface area contributed by atoms with Gasteiger partial charge in [0.2, 0.25) is 5.91 Å². The van der Waals surface area contributed by atoms with Crippen molar-refractivity contribution in [3.63, 3.8) is 0 Å². The highest BCUT2D eigenvalue weighted by Gasteiger charge is 2.01. The number of furan rings is 1. The van der Waals surface area contributed by atoms with E-state index in [1.54, 1.807) is 48.7 Å². The number of hydrogen-bond donors (Lipinski definition) is 1. The molecule has 0 atom stereocenters. The molecule has 0 radical (unpaired) electrons. The van der Waals surface area contributed by atoms with Gasteiger partial charge in [0.15, 0.2) is 0 Å². The molecule has 0 fully saturated rings. The first-order valence-electron chi connectivity index (χ1n) is 5.03. The van der Waals surface area contributed by atoms with E-state index in [-0.39, 0.29) is 5.91 Å². The summed E-state index contributed by atoms with van der Waals surface area (Å²) in [7, 11) is 0. The molecule has 86 valence electrons. The van der Waals surface area contributed by atoms with E-state index in [1.165, 1.54) is 6.08 Å². The minimum absolute atomic E-state index is 0.255. The second-order valence-electron chi connectivity index (χ2n) is 3.32. The maximum atomic E-state index is 11.6. The zero-order chi connectivity index (χ0) is 12.1. The van der Waals surface area contributed by atoms with Crippen LogP contribution in [0.2, 0.25) is 5.02 Å². The van der Waals surface area contributed by atoms with Crippen molar-refractivity contribution in [3.8, 4) is 0 Å². The molecule has 1 N–H and O–H groups in total. The highest BCUT2D eigenvalue weighted by Crippen LogP contribution is 2.20. The lowest BCUT2D eigenvalue weighted by Gasteiger charge is -2.03. The molecule has 1 amide bonds. The van der Waals surface area contributed by atoms with E-state index >= 15 is 0 Å². The number of hydrogen-bond acceptors (Lipinski definition) is 2. The van der Waals surface area contributed by atoms with E-state index < -0.39 is 0 Å². The molecule has 1 heterocycles. The van der Waals surface area contributed by atoms with E-state index in [0.29, 0.717) is 16.5 Å². The molecule has 0 saturated carbocycles. The van der Waals surface area contributed by atoms with Crippen LogP contribution in [-0.2, 0) is 4.79 Å². The molecule has 2 aromatic rings. The molecule has 3 nitrogen and oxygen atoms in total. The predicted molar refractivity (Wildman–Crippen MR) is 67.8 cm³/mol. The number of benzene rings is 1. The molecule has 0 spiro atoms. The summed E-state index contributed by atoms with van der Waals surface area (Å²) >= 11 is 5.91. The molecule has 0 bridgehead atoms. The summed E-state index contributed by atoms with van der Waals surface area (Å²) in [5, 5.41) is 3.18. The van der Waals surface area contributed by atoms with Crippen LogP contribution in [0.1, 0.15) is 5.76 Å². The van der Waals surface area contributed by atoms with Gasteiger partial charge in [-0.3, -0.25) is 4.79 Å². The topological polar surface area (TPSA) is 42.2 Å². The lowest BCUT2D eigenvalue weighted by Crippen LogP contribution is -2.07.